The molecule has 0 aliphatic rings. The Kier molecular flexibility index (Phi) is 7.36. The van der Waals surface area contributed by atoms with Crippen LogP contribution in [0.1, 0.15) is 57.6 Å². The minimum atomic E-state index is -0.388. The lowest BCUT2D eigenvalue weighted by molar-refractivity contribution is 0.356. The number of halogens is 2. The Morgan fingerprint density at radius 2 is 2.11 bits per heavy atom. The van der Waals surface area contributed by atoms with Crippen molar-refractivity contribution in [3.63, 3.8) is 0 Å². The summed E-state index contributed by atoms with van der Waals surface area (Å²) in [5.74, 6) is 5.82. The van der Waals surface area contributed by atoms with Crippen LogP contribution < -0.4 is 11.3 Å². The summed E-state index contributed by atoms with van der Waals surface area (Å²) < 4.78 is 13.5. The fourth-order valence-corrected chi connectivity index (χ4v) is 2.65. The second-order valence-electron chi connectivity index (χ2n) is 5.01. The van der Waals surface area contributed by atoms with Crippen LogP contribution >= 0.6 is 11.6 Å². The molecule has 1 aromatic rings. The Bertz CT molecular complexity index is 384. The molecular formula is C15H24ClFN2. The van der Waals surface area contributed by atoms with Crippen LogP contribution in [-0.2, 0) is 0 Å². The highest BCUT2D eigenvalue weighted by atomic mass is 35.5. The van der Waals surface area contributed by atoms with Crippen molar-refractivity contribution in [2.24, 2.45) is 11.8 Å². The predicted molar refractivity (Wildman–Crippen MR) is 79.4 cm³/mol. The molecule has 2 nitrogen and oxygen atoms in total. The molecule has 0 saturated carbocycles. The van der Waals surface area contributed by atoms with Gasteiger partial charge in [0.1, 0.15) is 5.82 Å². The number of benzene rings is 1. The molecule has 0 amide bonds. The lowest BCUT2D eigenvalue weighted by Crippen LogP contribution is -2.30. The van der Waals surface area contributed by atoms with Gasteiger partial charge in [-0.2, -0.15) is 0 Å². The van der Waals surface area contributed by atoms with Crippen LogP contribution in [0.4, 0.5) is 4.39 Å². The topological polar surface area (TPSA) is 38.0 Å². The molecule has 0 bridgehead atoms. The van der Waals surface area contributed by atoms with Gasteiger partial charge in [0.15, 0.2) is 0 Å². The van der Waals surface area contributed by atoms with Crippen LogP contribution in [0.3, 0.4) is 0 Å². The summed E-state index contributed by atoms with van der Waals surface area (Å²) in [5.41, 5.74) is 3.53. The van der Waals surface area contributed by atoms with Crippen molar-refractivity contribution in [3.05, 3.63) is 34.6 Å². The molecule has 19 heavy (non-hydrogen) atoms. The van der Waals surface area contributed by atoms with Gasteiger partial charge in [0.05, 0.1) is 5.02 Å². The van der Waals surface area contributed by atoms with Gasteiger partial charge < -0.3 is 0 Å². The van der Waals surface area contributed by atoms with E-state index in [1.165, 1.54) is 25.3 Å². The van der Waals surface area contributed by atoms with Gasteiger partial charge in [-0.25, -0.2) is 4.39 Å². The molecule has 2 atom stereocenters. The molecule has 0 aliphatic heterocycles. The summed E-state index contributed by atoms with van der Waals surface area (Å²) in [4.78, 5) is 0. The first-order valence-electron chi connectivity index (χ1n) is 7.04. The maximum atomic E-state index is 13.5. The Labute approximate surface area is 120 Å². The van der Waals surface area contributed by atoms with Crippen molar-refractivity contribution in [1.82, 2.24) is 5.43 Å². The monoisotopic (exact) mass is 286 g/mol. The van der Waals surface area contributed by atoms with E-state index in [1.54, 1.807) is 6.07 Å². The molecule has 1 rings (SSSR count). The summed E-state index contributed by atoms with van der Waals surface area (Å²) in [6.07, 6.45) is 5.57. The third-order valence-electron chi connectivity index (χ3n) is 3.67. The zero-order valence-electron chi connectivity index (χ0n) is 11.8. The maximum Gasteiger partial charge on any atom is 0.142 e. The molecule has 0 radical (unpaired) electrons. The zero-order chi connectivity index (χ0) is 14.3. The van der Waals surface area contributed by atoms with Crippen molar-refractivity contribution in [3.8, 4) is 0 Å². The van der Waals surface area contributed by atoms with E-state index in [1.807, 2.05) is 6.07 Å². The second kappa shape index (κ2) is 8.51. The predicted octanol–water partition coefficient (Wildman–Crippen LogP) is 4.59. The first-order chi connectivity index (χ1) is 9.13. The van der Waals surface area contributed by atoms with Crippen LogP contribution in [0.2, 0.25) is 5.02 Å². The smallest absolute Gasteiger partial charge is 0.142 e. The van der Waals surface area contributed by atoms with E-state index in [0.29, 0.717) is 5.92 Å². The third kappa shape index (κ3) is 4.75. The molecule has 1 aromatic carbocycles. The quantitative estimate of drug-likeness (QED) is 0.542. The van der Waals surface area contributed by atoms with Crippen LogP contribution in [0, 0.1) is 11.7 Å². The van der Waals surface area contributed by atoms with Gasteiger partial charge in [-0.3, -0.25) is 11.3 Å². The van der Waals surface area contributed by atoms with Gasteiger partial charge in [-0.15, -0.1) is 0 Å². The zero-order valence-corrected chi connectivity index (χ0v) is 12.5. The minimum Gasteiger partial charge on any atom is -0.271 e. The van der Waals surface area contributed by atoms with Crippen molar-refractivity contribution in [2.45, 2.75) is 52.0 Å². The van der Waals surface area contributed by atoms with Crippen molar-refractivity contribution in [1.29, 1.82) is 0 Å². The van der Waals surface area contributed by atoms with Crippen LogP contribution in [0.15, 0.2) is 18.2 Å². The van der Waals surface area contributed by atoms with Gasteiger partial charge in [0, 0.05) is 6.04 Å². The van der Waals surface area contributed by atoms with E-state index in [2.05, 4.69) is 19.3 Å². The van der Waals surface area contributed by atoms with Crippen molar-refractivity contribution >= 4 is 11.6 Å². The van der Waals surface area contributed by atoms with E-state index in [4.69, 9.17) is 17.4 Å². The molecular weight excluding hydrogens is 263 g/mol. The number of nitrogens with two attached hydrogens (primary N) is 1. The van der Waals surface area contributed by atoms with Crippen LogP contribution in [-0.4, -0.2) is 0 Å². The highest BCUT2D eigenvalue weighted by Crippen LogP contribution is 2.31. The highest BCUT2D eigenvalue weighted by molar-refractivity contribution is 6.31. The molecule has 2 unspecified atom stereocenters. The lowest BCUT2D eigenvalue weighted by atomic mass is 9.89. The van der Waals surface area contributed by atoms with Crippen molar-refractivity contribution < 1.29 is 4.39 Å². The Morgan fingerprint density at radius 3 is 2.68 bits per heavy atom. The number of unbranched alkanes of at least 4 members (excludes halogenated alkanes) is 1. The first-order valence-corrected chi connectivity index (χ1v) is 7.41. The SMILES string of the molecule is CCCCC(CC)CC(NN)c1cccc(F)c1Cl. The number of hydrogen-bond donors (Lipinski definition) is 2. The molecule has 0 spiro atoms. The second-order valence-corrected chi connectivity index (χ2v) is 5.39. The number of nitrogens with one attached hydrogen (secondary N) is 1. The van der Waals surface area contributed by atoms with E-state index in [0.717, 1.165) is 18.4 Å². The van der Waals surface area contributed by atoms with Gasteiger partial charge in [-0.05, 0) is 24.0 Å². The fraction of sp³-hybridized carbons (Fsp3) is 0.600. The Hall–Kier alpha value is -0.640. The van der Waals surface area contributed by atoms with Gasteiger partial charge in [0.25, 0.3) is 0 Å². The van der Waals surface area contributed by atoms with E-state index >= 15 is 0 Å². The molecule has 108 valence electrons. The first kappa shape index (κ1) is 16.4. The largest absolute Gasteiger partial charge is 0.271 e. The minimum absolute atomic E-state index is 0.0926. The highest BCUT2D eigenvalue weighted by Gasteiger charge is 2.19. The molecule has 0 fully saturated rings. The number of rotatable bonds is 8. The molecule has 0 aromatic heterocycles. The standard InChI is InChI=1S/C15H24ClFN2/c1-3-5-7-11(4-2)10-14(19-18)12-8-6-9-13(17)15(12)16/h6,8-9,11,14,19H,3-5,7,10,18H2,1-2H3. The van der Waals surface area contributed by atoms with E-state index in [9.17, 15) is 4.39 Å². The Morgan fingerprint density at radius 1 is 1.37 bits per heavy atom. The maximum absolute atomic E-state index is 13.5. The third-order valence-corrected chi connectivity index (χ3v) is 4.07. The number of hydrogen-bond acceptors (Lipinski definition) is 2. The average molecular weight is 287 g/mol. The van der Waals surface area contributed by atoms with Crippen molar-refractivity contribution in [2.75, 3.05) is 0 Å². The fourth-order valence-electron chi connectivity index (χ4n) is 2.39. The summed E-state index contributed by atoms with van der Waals surface area (Å²) in [7, 11) is 0. The summed E-state index contributed by atoms with van der Waals surface area (Å²) in [5, 5.41) is 0.177. The lowest BCUT2D eigenvalue weighted by Gasteiger charge is -2.23. The summed E-state index contributed by atoms with van der Waals surface area (Å²) >= 11 is 6.03. The van der Waals surface area contributed by atoms with Gasteiger partial charge in [-0.1, -0.05) is 63.3 Å². The molecule has 0 aliphatic carbocycles. The van der Waals surface area contributed by atoms with Gasteiger partial charge >= 0.3 is 0 Å². The van der Waals surface area contributed by atoms with Crippen LogP contribution in [0.25, 0.3) is 0 Å². The van der Waals surface area contributed by atoms with E-state index in [-0.39, 0.29) is 16.9 Å². The molecule has 3 N–H and O–H groups in total. The number of hydrazine groups is 1. The Balaban J connectivity index is 2.79. The molecule has 0 heterocycles. The summed E-state index contributed by atoms with van der Waals surface area (Å²) in [6, 6.07) is 4.79. The average Bonchev–Trinajstić information content (AvgIpc) is 2.43. The van der Waals surface area contributed by atoms with Crippen LogP contribution in [0.5, 0.6) is 0 Å². The van der Waals surface area contributed by atoms with Gasteiger partial charge in [0.2, 0.25) is 0 Å². The normalized spacial score (nSPS) is 14.4. The molecule has 0 saturated heterocycles. The molecule has 4 heteroatoms. The summed E-state index contributed by atoms with van der Waals surface area (Å²) in [6.45, 7) is 4.37. The van der Waals surface area contributed by atoms with E-state index < -0.39 is 0 Å².